The van der Waals surface area contributed by atoms with E-state index < -0.39 is 9.84 Å². The molecule has 0 spiro atoms. The number of carbonyl (C=O) groups excluding carboxylic acids is 1. The summed E-state index contributed by atoms with van der Waals surface area (Å²) in [6, 6.07) is 6.74. The van der Waals surface area contributed by atoms with Crippen LogP contribution in [0.4, 0.5) is 5.69 Å². The van der Waals surface area contributed by atoms with Gasteiger partial charge in [0.05, 0.1) is 43.7 Å². The topological polar surface area (TPSA) is 88.8 Å². The molecule has 1 saturated heterocycles. The fourth-order valence-electron chi connectivity index (χ4n) is 3.28. The summed E-state index contributed by atoms with van der Waals surface area (Å²) in [6.07, 6.45) is 2.06. The van der Waals surface area contributed by atoms with E-state index in [-0.39, 0.29) is 30.0 Å². The number of nitrogens with zero attached hydrogens (tertiary/aromatic N) is 1. The highest BCUT2D eigenvalue weighted by Crippen LogP contribution is 2.31. The minimum atomic E-state index is -3.07. The summed E-state index contributed by atoms with van der Waals surface area (Å²) in [6.45, 7) is 2.23. The molecule has 9 heteroatoms. The number of nitrogens with one attached hydrogen (secondary N) is 1. The lowest BCUT2D eigenvalue weighted by atomic mass is 10.2. The number of amides is 1. The highest BCUT2D eigenvalue weighted by atomic mass is 35.5. The lowest BCUT2D eigenvalue weighted by Crippen LogP contribution is -2.41. The van der Waals surface area contributed by atoms with Crippen LogP contribution >= 0.6 is 11.6 Å². The number of benzene rings is 1. The van der Waals surface area contributed by atoms with E-state index >= 15 is 0 Å². The molecule has 0 unspecified atom stereocenters. The minimum Gasteiger partial charge on any atom is -0.495 e. The van der Waals surface area contributed by atoms with Gasteiger partial charge in [-0.05, 0) is 37.1 Å². The highest BCUT2D eigenvalue weighted by molar-refractivity contribution is 7.91. The molecular weight excluding hydrogens is 404 g/mol. The summed E-state index contributed by atoms with van der Waals surface area (Å²) in [7, 11) is -1.57. The molecule has 1 N–H and O–H groups in total. The zero-order valence-corrected chi connectivity index (χ0v) is 17.3. The zero-order valence-electron chi connectivity index (χ0n) is 15.8. The smallest absolute Gasteiger partial charge is 0.238 e. The molecule has 3 rings (SSSR count). The number of rotatable bonds is 7. The van der Waals surface area contributed by atoms with Crippen molar-refractivity contribution in [3.8, 4) is 5.75 Å². The van der Waals surface area contributed by atoms with Gasteiger partial charge >= 0.3 is 0 Å². The number of ether oxygens (including phenoxy) is 1. The molecule has 28 heavy (non-hydrogen) atoms. The van der Waals surface area contributed by atoms with Gasteiger partial charge in [0.25, 0.3) is 0 Å². The lowest BCUT2D eigenvalue weighted by molar-refractivity contribution is -0.118. The van der Waals surface area contributed by atoms with Gasteiger partial charge in [0, 0.05) is 17.1 Å². The maximum absolute atomic E-state index is 12.7. The summed E-state index contributed by atoms with van der Waals surface area (Å²) in [5.74, 6) is 1.06. The first-order valence-corrected chi connectivity index (χ1v) is 11.1. The number of hydrogen-bond donors (Lipinski definition) is 1. The molecule has 1 aliphatic heterocycles. The summed E-state index contributed by atoms with van der Waals surface area (Å²) in [4.78, 5) is 14.6. The SMILES string of the molecule is COc1cc(Cl)c(C)cc1NC(=O)CN(Cc1ccco1)[C@H]1CCS(=O)(=O)C1. The van der Waals surface area contributed by atoms with Crippen molar-refractivity contribution >= 4 is 33.0 Å². The van der Waals surface area contributed by atoms with E-state index in [1.807, 2.05) is 11.8 Å². The largest absolute Gasteiger partial charge is 0.495 e. The van der Waals surface area contributed by atoms with E-state index in [0.29, 0.717) is 35.2 Å². The second kappa shape index (κ2) is 8.55. The van der Waals surface area contributed by atoms with Crippen LogP contribution in [-0.2, 0) is 21.2 Å². The summed E-state index contributed by atoms with van der Waals surface area (Å²) in [5.41, 5.74) is 1.33. The first-order valence-electron chi connectivity index (χ1n) is 8.88. The molecule has 1 atom stereocenters. The Morgan fingerprint density at radius 2 is 2.21 bits per heavy atom. The molecular formula is C19H23ClN2O5S. The third-order valence-electron chi connectivity index (χ3n) is 4.77. The van der Waals surface area contributed by atoms with Crippen molar-refractivity contribution in [1.29, 1.82) is 0 Å². The Balaban J connectivity index is 1.75. The number of halogens is 1. The summed E-state index contributed by atoms with van der Waals surface area (Å²) in [5, 5.41) is 3.39. The quantitative estimate of drug-likeness (QED) is 0.732. The van der Waals surface area contributed by atoms with Crippen molar-refractivity contribution < 1.29 is 22.4 Å². The molecule has 1 fully saturated rings. The number of sulfone groups is 1. The van der Waals surface area contributed by atoms with Crippen molar-refractivity contribution in [2.24, 2.45) is 0 Å². The van der Waals surface area contributed by atoms with Crippen LogP contribution in [-0.4, -0.2) is 50.4 Å². The predicted octanol–water partition coefficient (Wildman–Crippen LogP) is 2.88. The normalized spacial score (nSPS) is 18.4. The highest BCUT2D eigenvalue weighted by Gasteiger charge is 2.33. The first kappa shape index (κ1) is 20.7. The van der Waals surface area contributed by atoms with E-state index in [1.165, 1.54) is 7.11 Å². The number of hydrogen-bond acceptors (Lipinski definition) is 6. The van der Waals surface area contributed by atoms with Gasteiger partial charge in [0.2, 0.25) is 5.91 Å². The van der Waals surface area contributed by atoms with E-state index in [4.69, 9.17) is 20.8 Å². The second-order valence-corrected chi connectivity index (χ2v) is 9.53. The number of methoxy groups -OCH3 is 1. The fourth-order valence-corrected chi connectivity index (χ4v) is 5.20. The van der Waals surface area contributed by atoms with E-state index in [2.05, 4.69) is 5.32 Å². The van der Waals surface area contributed by atoms with Gasteiger partial charge in [0.15, 0.2) is 9.84 Å². The van der Waals surface area contributed by atoms with Crippen molar-refractivity contribution in [2.45, 2.75) is 25.9 Å². The van der Waals surface area contributed by atoms with Gasteiger partial charge in [-0.1, -0.05) is 11.6 Å². The molecule has 1 aromatic carbocycles. The second-order valence-electron chi connectivity index (χ2n) is 6.89. The third-order valence-corrected chi connectivity index (χ3v) is 6.92. The van der Waals surface area contributed by atoms with Crippen LogP contribution in [0.2, 0.25) is 5.02 Å². The lowest BCUT2D eigenvalue weighted by Gasteiger charge is -2.26. The Morgan fingerprint density at radius 3 is 2.82 bits per heavy atom. The number of carbonyl (C=O) groups is 1. The van der Waals surface area contributed by atoms with Crippen LogP contribution in [0, 0.1) is 6.92 Å². The number of anilines is 1. The van der Waals surface area contributed by atoms with E-state index in [1.54, 1.807) is 30.5 Å². The van der Waals surface area contributed by atoms with Crippen molar-refractivity contribution in [1.82, 2.24) is 4.90 Å². The van der Waals surface area contributed by atoms with Crippen LogP contribution in [0.3, 0.4) is 0 Å². The van der Waals surface area contributed by atoms with Crippen LogP contribution in [0.5, 0.6) is 5.75 Å². The molecule has 7 nitrogen and oxygen atoms in total. The minimum absolute atomic E-state index is 0.0334. The van der Waals surface area contributed by atoms with E-state index in [9.17, 15) is 13.2 Å². The van der Waals surface area contributed by atoms with E-state index in [0.717, 1.165) is 5.56 Å². The fraction of sp³-hybridized carbons (Fsp3) is 0.421. The van der Waals surface area contributed by atoms with Gasteiger partial charge in [-0.15, -0.1) is 0 Å². The molecule has 1 aromatic heterocycles. The third kappa shape index (κ3) is 5.06. The monoisotopic (exact) mass is 426 g/mol. The Labute approximate surface area is 169 Å². The van der Waals surface area contributed by atoms with Crippen LogP contribution in [0.1, 0.15) is 17.7 Å². The molecule has 1 aliphatic rings. The molecule has 2 heterocycles. The Kier molecular flexibility index (Phi) is 6.32. The van der Waals surface area contributed by atoms with Gasteiger partial charge in [-0.25, -0.2) is 8.42 Å². The van der Waals surface area contributed by atoms with Gasteiger partial charge in [0.1, 0.15) is 11.5 Å². The molecule has 0 bridgehead atoms. The van der Waals surface area contributed by atoms with Crippen LogP contribution in [0.25, 0.3) is 0 Å². The average molecular weight is 427 g/mol. The summed E-state index contributed by atoms with van der Waals surface area (Å²) < 4.78 is 34.5. The molecule has 0 saturated carbocycles. The molecule has 0 radical (unpaired) electrons. The maximum Gasteiger partial charge on any atom is 0.238 e. The van der Waals surface area contributed by atoms with Crippen molar-refractivity contribution in [3.05, 3.63) is 46.9 Å². The molecule has 1 amide bonds. The van der Waals surface area contributed by atoms with Crippen LogP contribution < -0.4 is 10.1 Å². The Bertz CT molecular complexity index is 943. The van der Waals surface area contributed by atoms with Gasteiger partial charge < -0.3 is 14.5 Å². The molecule has 152 valence electrons. The zero-order chi connectivity index (χ0) is 20.3. The van der Waals surface area contributed by atoms with Crippen LogP contribution in [0.15, 0.2) is 34.9 Å². The molecule has 0 aliphatic carbocycles. The predicted molar refractivity (Wildman–Crippen MR) is 108 cm³/mol. The number of aryl methyl sites for hydroxylation is 1. The van der Waals surface area contributed by atoms with Gasteiger partial charge in [-0.3, -0.25) is 9.69 Å². The summed E-state index contributed by atoms with van der Waals surface area (Å²) >= 11 is 6.11. The van der Waals surface area contributed by atoms with Crippen molar-refractivity contribution in [2.75, 3.05) is 30.5 Å². The maximum atomic E-state index is 12.7. The first-order chi connectivity index (χ1) is 13.3. The Morgan fingerprint density at radius 1 is 1.43 bits per heavy atom. The van der Waals surface area contributed by atoms with Gasteiger partial charge in [-0.2, -0.15) is 0 Å². The molecule has 2 aromatic rings. The average Bonchev–Trinajstić information content (AvgIpc) is 3.26. The van der Waals surface area contributed by atoms with Crippen molar-refractivity contribution in [3.63, 3.8) is 0 Å². The standard InChI is InChI=1S/C19H23ClN2O5S/c1-13-8-17(18(26-2)9-16(13)20)21-19(23)11-22(10-15-4-3-6-27-15)14-5-7-28(24,25)12-14/h3-4,6,8-9,14H,5,7,10-12H2,1-2H3,(H,21,23)/t14-/m0/s1. The Hall–Kier alpha value is -2.03. The number of furan rings is 1.